The third-order valence-electron chi connectivity index (χ3n) is 4.97. The molecular formula is C18H22N4O2. The number of fused-ring (bicyclic) bond motifs is 1. The normalized spacial score (nSPS) is 20.0. The van der Waals surface area contributed by atoms with Crippen LogP contribution in [0, 0.1) is 0 Å². The molecule has 1 saturated carbocycles. The lowest BCUT2D eigenvalue weighted by atomic mass is 9.87. The third kappa shape index (κ3) is 2.94. The number of rotatable bonds is 5. The van der Waals surface area contributed by atoms with E-state index in [1.165, 1.54) is 50.3 Å². The number of hydrogen-bond acceptors (Lipinski definition) is 5. The molecule has 6 nitrogen and oxygen atoms in total. The number of carbonyl (C=O) groups excluding carboxylic acids is 1. The lowest BCUT2D eigenvalue weighted by Gasteiger charge is -2.35. The molecule has 0 radical (unpaired) electrons. The van der Waals surface area contributed by atoms with Gasteiger partial charge in [-0.05, 0) is 43.2 Å². The molecule has 1 aromatic carbocycles. The topological polar surface area (TPSA) is 60.2 Å². The Hall–Kier alpha value is -2.21. The smallest absolute Gasteiger partial charge is 0.377 e. The van der Waals surface area contributed by atoms with Gasteiger partial charge in [0, 0.05) is 12.1 Å². The second kappa shape index (κ2) is 6.36. The highest BCUT2D eigenvalue weighted by molar-refractivity contribution is 5.84. The molecule has 0 spiro atoms. The number of benzene rings is 1. The van der Waals surface area contributed by atoms with Crippen LogP contribution in [0.3, 0.4) is 0 Å². The van der Waals surface area contributed by atoms with Gasteiger partial charge in [0.25, 0.3) is 5.82 Å². The highest BCUT2D eigenvalue weighted by atomic mass is 16.5. The van der Waals surface area contributed by atoms with Crippen molar-refractivity contribution in [1.82, 2.24) is 19.7 Å². The van der Waals surface area contributed by atoms with Gasteiger partial charge >= 0.3 is 5.97 Å². The number of carbonyl (C=O) groups is 1. The molecule has 0 saturated heterocycles. The molecule has 2 aliphatic rings. The molecule has 1 aromatic heterocycles. The van der Waals surface area contributed by atoms with E-state index in [0.29, 0.717) is 18.8 Å². The quantitative estimate of drug-likeness (QED) is 0.790. The van der Waals surface area contributed by atoms with Crippen molar-refractivity contribution in [3.8, 4) is 0 Å². The van der Waals surface area contributed by atoms with Gasteiger partial charge in [-0.2, -0.15) is 0 Å². The largest absolute Gasteiger partial charge is 0.463 e. The van der Waals surface area contributed by atoms with Crippen LogP contribution in [-0.4, -0.2) is 38.8 Å². The van der Waals surface area contributed by atoms with Crippen LogP contribution in [0.2, 0.25) is 0 Å². The molecule has 0 amide bonds. The zero-order chi connectivity index (χ0) is 16.5. The first-order valence-electron chi connectivity index (χ1n) is 8.57. The highest BCUT2D eigenvalue weighted by Gasteiger charge is 2.36. The summed E-state index contributed by atoms with van der Waals surface area (Å²) in [6.07, 6.45) is 7.65. The van der Waals surface area contributed by atoms with Crippen LogP contribution in [0.5, 0.6) is 0 Å². The first-order chi connectivity index (χ1) is 11.8. The molecule has 4 rings (SSSR count). The predicted octanol–water partition coefficient (Wildman–Crippen LogP) is 2.56. The Morgan fingerprint density at radius 1 is 1.33 bits per heavy atom. The van der Waals surface area contributed by atoms with Crippen molar-refractivity contribution in [2.75, 3.05) is 7.11 Å². The van der Waals surface area contributed by atoms with E-state index in [-0.39, 0.29) is 5.82 Å². The van der Waals surface area contributed by atoms with E-state index in [0.717, 1.165) is 0 Å². The minimum atomic E-state index is -0.491. The molecule has 0 aliphatic heterocycles. The van der Waals surface area contributed by atoms with E-state index in [4.69, 9.17) is 0 Å². The Labute approximate surface area is 141 Å². The molecular weight excluding hydrogens is 304 g/mol. The van der Waals surface area contributed by atoms with Gasteiger partial charge in [-0.15, -0.1) is 5.10 Å². The molecule has 0 N–H and O–H groups in total. The fourth-order valence-electron chi connectivity index (χ4n) is 3.66. The van der Waals surface area contributed by atoms with Crippen LogP contribution in [0.25, 0.3) is 0 Å². The van der Waals surface area contributed by atoms with E-state index < -0.39 is 5.97 Å². The molecule has 1 fully saturated rings. The Balaban J connectivity index is 1.58. The molecule has 2 aliphatic carbocycles. The Morgan fingerprint density at radius 2 is 2.17 bits per heavy atom. The summed E-state index contributed by atoms with van der Waals surface area (Å²) in [7, 11) is 1.35. The standard InChI is InChI=1S/C18H22N4O2/c1-24-18(23)17-19-11-21(20-17)12-22(14-9-10-14)16-8-4-6-13-5-2-3-7-15(13)16/h2-3,5,7,11,14,16H,4,6,8-10,12H2,1H3/t16-/m0/s1. The van der Waals surface area contributed by atoms with Gasteiger partial charge in [0.05, 0.1) is 13.8 Å². The van der Waals surface area contributed by atoms with E-state index >= 15 is 0 Å². The summed E-state index contributed by atoms with van der Waals surface area (Å²) in [6, 6.07) is 9.79. The van der Waals surface area contributed by atoms with Gasteiger partial charge in [-0.1, -0.05) is 24.3 Å². The Bertz CT molecular complexity index is 738. The minimum absolute atomic E-state index is 0.122. The summed E-state index contributed by atoms with van der Waals surface area (Å²) in [5.41, 5.74) is 2.91. The van der Waals surface area contributed by atoms with E-state index in [9.17, 15) is 4.79 Å². The second-order valence-electron chi connectivity index (χ2n) is 6.59. The van der Waals surface area contributed by atoms with E-state index in [1.54, 1.807) is 11.0 Å². The molecule has 0 unspecified atom stereocenters. The van der Waals surface area contributed by atoms with Gasteiger partial charge in [0.1, 0.15) is 6.33 Å². The zero-order valence-electron chi connectivity index (χ0n) is 13.9. The second-order valence-corrected chi connectivity index (χ2v) is 6.59. The lowest BCUT2D eigenvalue weighted by Crippen LogP contribution is -2.35. The van der Waals surface area contributed by atoms with Gasteiger partial charge in [0.2, 0.25) is 0 Å². The van der Waals surface area contributed by atoms with Crippen LogP contribution in [0.15, 0.2) is 30.6 Å². The lowest BCUT2D eigenvalue weighted by molar-refractivity contribution is 0.0584. The molecule has 6 heteroatoms. The number of esters is 1. The van der Waals surface area contributed by atoms with Crippen molar-refractivity contribution >= 4 is 5.97 Å². The fourth-order valence-corrected chi connectivity index (χ4v) is 3.66. The van der Waals surface area contributed by atoms with Crippen LogP contribution in [0.1, 0.15) is 53.5 Å². The fraction of sp³-hybridized carbons (Fsp3) is 0.500. The van der Waals surface area contributed by atoms with Crippen molar-refractivity contribution in [2.24, 2.45) is 0 Å². The van der Waals surface area contributed by atoms with Crippen molar-refractivity contribution in [3.05, 3.63) is 47.5 Å². The monoisotopic (exact) mass is 326 g/mol. The number of aromatic nitrogens is 3. The van der Waals surface area contributed by atoms with Crippen LogP contribution in [0.4, 0.5) is 0 Å². The maximum Gasteiger partial charge on any atom is 0.377 e. The Morgan fingerprint density at radius 3 is 2.96 bits per heavy atom. The summed E-state index contributed by atoms with van der Waals surface area (Å²) >= 11 is 0. The van der Waals surface area contributed by atoms with Crippen LogP contribution >= 0.6 is 0 Å². The number of nitrogens with zero attached hydrogens (tertiary/aromatic N) is 4. The van der Waals surface area contributed by atoms with Gasteiger partial charge < -0.3 is 4.74 Å². The van der Waals surface area contributed by atoms with Gasteiger partial charge in [-0.25, -0.2) is 14.5 Å². The summed E-state index contributed by atoms with van der Waals surface area (Å²) < 4.78 is 6.44. The van der Waals surface area contributed by atoms with Crippen LogP contribution < -0.4 is 0 Å². The number of ether oxygens (including phenoxy) is 1. The van der Waals surface area contributed by atoms with E-state index in [2.05, 4.69) is 44.0 Å². The molecule has 1 heterocycles. The van der Waals surface area contributed by atoms with Crippen molar-refractivity contribution in [3.63, 3.8) is 0 Å². The number of methoxy groups -OCH3 is 1. The third-order valence-corrected chi connectivity index (χ3v) is 4.97. The van der Waals surface area contributed by atoms with Gasteiger partial charge in [0.15, 0.2) is 0 Å². The average molecular weight is 326 g/mol. The van der Waals surface area contributed by atoms with Gasteiger partial charge in [-0.3, -0.25) is 4.90 Å². The highest BCUT2D eigenvalue weighted by Crippen LogP contribution is 2.40. The first kappa shape index (κ1) is 15.3. The van der Waals surface area contributed by atoms with E-state index in [1.807, 2.05) is 0 Å². The minimum Gasteiger partial charge on any atom is -0.463 e. The summed E-state index contributed by atoms with van der Waals surface area (Å²) in [5, 5.41) is 4.27. The zero-order valence-corrected chi connectivity index (χ0v) is 13.9. The van der Waals surface area contributed by atoms with Crippen molar-refractivity contribution < 1.29 is 9.53 Å². The predicted molar refractivity (Wildman–Crippen MR) is 88.3 cm³/mol. The maximum absolute atomic E-state index is 11.5. The molecule has 1 atom stereocenters. The first-order valence-corrected chi connectivity index (χ1v) is 8.57. The number of aryl methyl sites for hydroxylation is 1. The molecule has 126 valence electrons. The van der Waals surface area contributed by atoms with Crippen molar-refractivity contribution in [2.45, 2.75) is 50.9 Å². The SMILES string of the molecule is COC(=O)c1ncn(CN(C2CC2)[C@H]2CCCc3ccccc32)n1. The molecule has 2 aromatic rings. The maximum atomic E-state index is 11.5. The summed E-state index contributed by atoms with van der Waals surface area (Å²) in [4.78, 5) is 18.1. The number of hydrogen-bond donors (Lipinski definition) is 0. The van der Waals surface area contributed by atoms with Crippen LogP contribution in [-0.2, 0) is 17.8 Å². The van der Waals surface area contributed by atoms with Crippen molar-refractivity contribution in [1.29, 1.82) is 0 Å². The summed E-state index contributed by atoms with van der Waals surface area (Å²) in [6.45, 7) is 0.660. The summed E-state index contributed by atoms with van der Waals surface area (Å²) in [5.74, 6) is -0.368. The average Bonchev–Trinajstić information content (AvgIpc) is 3.36. The molecule has 24 heavy (non-hydrogen) atoms. The Kier molecular flexibility index (Phi) is 4.06. The molecule has 0 bridgehead atoms.